The lowest BCUT2D eigenvalue weighted by atomic mass is 10.1. The van der Waals surface area contributed by atoms with E-state index in [0.29, 0.717) is 5.56 Å². The number of nitrogens with zero attached hydrogens (tertiary/aromatic N) is 2. The Bertz CT molecular complexity index is 876. The molecule has 1 aliphatic heterocycles. The maximum atomic E-state index is 12.5. The summed E-state index contributed by atoms with van der Waals surface area (Å²) in [6.07, 6.45) is 1.61. The molecule has 1 saturated heterocycles. The Morgan fingerprint density at radius 1 is 1.17 bits per heavy atom. The van der Waals surface area contributed by atoms with Crippen LogP contribution in [0.1, 0.15) is 22.3 Å². The molecule has 3 rings (SSSR count). The van der Waals surface area contributed by atoms with Crippen molar-refractivity contribution in [3.05, 3.63) is 76.5 Å². The van der Waals surface area contributed by atoms with Gasteiger partial charge in [0, 0.05) is 0 Å². The van der Waals surface area contributed by atoms with Gasteiger partial charge >= 0.3 is 6.03 Å². The van der Waals surface area contributed by atoms with E-state index in [1.54, 1.807) is 30.3 Å². The van der Waals surface area contributed by atoms with Crippen molar-refractivity contribution in [2.24, 2.45) is 0 Å². The van der Waals surface area contributed by atoms with E-state index in [9.17, 15) is 9.59 Å². The molecule has 2 aromatic carbocycles. The molecular formula is C19H15N3O2. The highest BCUT2D eigenvalue weighted by Crippen LogP contribution is 2.17. The number of carbonyl (C=O) groups excluding carboxylic acids is 2. The summed E-state index contributed by atoms with van der Waals surface area (Å²) in [6, 6.07) is 16.1. The van der Waals surface area contributed by atoms with Crippen LogP contribution in [-0.4, -0.2) is 16.8 Å². The second kappa shape index (κ2) is 6.39. The zero-order chi connectivity index (χ0) is 17.1. The molecule has 118 valence electrons. The number of benzene rings is 2. The number of amides is 3. The standard InChI is InChI=1S/C19H15N3O2/c1-13-3-2-4-16(9-13)12-22-18(23)17(21-19(22)24)10-14-5-7-15(11-20)8-6-14/h2-10H,12H2,1H3,(H,21,24)/b17-10+. The molecule has 24 heavy (non-hydrogen) atoms. The Morgan fingerprint density at radius 3 is 2.58 bits per heavy atom. The molecule has 3 amide bonds. The first-order chi connectivity index (χ1) is 11.6. The highest BCUT2D eigenvalue weighted by molar-refractivity contribution is 6.13. The molecule has 0 aliphatic carbocycles. The van der Waals surface area contributed by atoms with Crippen LogP contribution in [0.4, 0.5) is 4.79 Å². The molecule has 0 unspecified atom stereocenters. The fourth-order valence-corrected chi connectivity index (χ4v) is 2.53. The lowest BCUT2D eigenvalue weighted by Gasteiger charge is -2.12. The SMILES string of the molecule is Cc1cccc(CN2C(=O)N/C(=C/c3ccc(C#N)cc3)C2=O)c1. The molecule has 0 saturated carbocycles. The van der Waals surface area contributed by atoms with Crippen LogP contribution in [0.3, 0.4) is 0 Å². The minimum atomic E-state index is -0.429. The van der Waals surface area contributed by atoms with Gasteiger partial charge in [0.1, 0.15) is 5.70 Å². The zero-order valence-corrected chi connectivity index (χ0v) is 13.1. The predicted molar refractivity (Wildman–Crippen MR) is 89.4 cm³/mol. The second-order valence-corrected chi connectivity index (χ2v) is 5.60. The van der Waals surface area contributed by atoms with E-state index in [2.05, 4.69) is 5.32 Å². The molecule has 5 heteroatoms. The van der Waals surface area contributed by atoms with E-state index in [4.69, 9.17) is 5.26 Å². The van der Waals surface area contributed by atoms with Gasteiger partial charge in [-0.25, -0.2) is 4.79 Å². The highest BCUT2D eigenvalue weighted by Gasteiger charge is 2.33. The number of nitriles is 1. The van der Waals surface area contributed by atoms with Crippen LogP contribution in [0.5, 0.6) is 0 Å². The van der Waals surface area contributed by atoms with Gasteiger partial charge in [-0.3, -0.25) is 9.69 Å². The third kappa shape index (κ3) is 3.18. The van der Waals surface area contributed by atoms with Crippen LogP contribution < -0.4 is 5.32 Å². The molecule has 2 aromatic rings. The van der Waals surface area contributed by atoms with E-state index in [0.717, 1.165) is 16.7 Å². The van der Waals surface area contributed by atoms with Crippen molar-refractivity contribution >= 4 is 18.0 Å². The number of aryl methyl sites for hydroxylation is 1. The van der Waals surface area contributed by atoms with Crippen LogP contribution in [0, 0.1) is 18.3 Å². The number of nitrogens with one attached hydrogen (secondary N) is 1. The third-order valence-electron chi connectivity index (χ3n) is 3.74. The summed E-state index contributed by atoms with van der Waals surface area (Å²) < 4.78 is 0. The van der Waals surface area contributed by atoms with Crippen molar-refractivity contribution in [3.8, 4) is 6.07 Å². The van der Waals surface area contributed by atoms with E-state index in [1.807, 2.05) is 37.3 Å². The first kappa shape index (κ1) is 15.5. The number of urea groups is 1. The van der Waals surface area contributed by atoms with Gasteiger partial charge in [-0.15, -0.1) is 0 Å². The molecule has 1 heterocycles. The summed E-state index contributed by atoms with van der Waals surface area (Å²) in [5.74, 6) is -0.356. The summed E-state index contributed by atoms with van der Waals surface area (Å²) in [4.78, 5) is 25.7. The topological polar surface area (TPSA) is 73.2 Å². The summed E-state index contributed by atoms with van der Waals surface area (Å²) in [5, 5.41) is 11.4. The van der Waals surface area contributed by atoms with Gasteiger partial charge in [0.05, 0.1) is 18.2 Å². The number of carbonyl (C=O) groups is 2. The maximum Gasteiger partial charge on any atom is 0.329 e. The van der Waals surface area contributed by atoms with Gasteiger partial charge in [-0.05, 0) is 36.3 Å². The summed E-state index contributed by atoms with van der Waals surface area (Å²) in [7, 11) is 0. The van der Waals surface area contributed by atoms with Gasteiger partial charge in [0.25, 0.3) is 5.91 Å². The highest BCUT2D eigenvalue weighted by atomic mass is 16.2. The van der Waals surface area contributed by atoms with Crippen LogP contribution in [0.2, 0.25) is 0 Å². The van der Waals surface area contributed by atoms with Gasteiger partial charge in [-0.1, -0.05) is 42.0 Å². The zero-order valence-electron chi connectivity index (χ0n) is 13.1. The van der Waals surface area contributed by atoms with Crippen molar-refractivity contribution in [2.45, 2.75) is 13.5 Å². The molecule has 0 spiro atoms. The summed E-state index contributed by atoms with van der Waals surface area (Å²) in [6.45, 7) is 2.20. The number of rotatable bonds is 3. The van der Waals surface area contributed by atoms with Crippen molar-refractivity contribution in [3.63, 3.8) is 0 Å². The Hall–Kier alpha value is -3.39. The molecular weight excluding hydrogens is 302 g/mol. The van der Waals surface area contributed by atoms with Crippen LogP contribution >= 0.6 is 0 Å². The number of imide groups is 1. The van der Waals surface area contributed by atoms with Crippen LogP contribution in [-0.2, 0) is 11.3 Å². The first-order valence-corrected chi connectivity index (χ1v) is 7.47. The monoisotopic (exact) mass is 317 g/mol. The predicted octanol–water partition coefficient (Wildman–Crippen LogP) is 2.96. The molecule has 0 bridgehead atoms. The molecule has 1 N–H and O–H groups in total. The average Bonchev–Trinajstić information content (AvgIpc) is 2.83. The van der Waals surface area contributed by atoms with Gasteiger partial charge in [0.15, 0.2) is 0 Å². The fraction of sp³-hybridized carbons (Fsp3) is 0.105. The van der Waals surface area contributed by atoms with E-state index >= 15 is 0 Å². The molecule has 0 aromatic heterocycles. The minimum absolute atomic E-state index is 0.233. The Labute approximate surface area is 139 Å². The Balaban J connectivity index is 1.80. The molecule has 1 aliphatic rings. The second-order valence-electron chi connectivity index (χ2n) is 5.60. The number of hydrogen-bond donors (Lipinski definition) is 1. The normalized spacial score (nSPS) is 15.5. The molecule has 0 atom stereocenters. The van der Waals surface area contributed by atoms with E-state index < -0.39 is 6.03 Å². The first-order valence-electron chi connectivity index (χ1n) is 7.47. The van der Waals surface area contributed by atoms with Crippen molar-refractivity contribution in [1.29, 1.82) is 5.26 Å². The van der Waals surface area contributed by atoms with Crippen molar-refractivity contribution < 1.29 is 9.59 Å². The largest absolute Gasteiger partial charge is 0.329 e. The van der Waals surface area contributed by atoms with E-state index in [-0.39, 0.29) is 18.1 Å². The summed E-state index contributed by atoms with van der Waals surface area (Å²) in [5.41, 5.74) is 3.50. The lowest BCUT2D eigenvalue weighted by Crippen LogP contribution is -2.30. The Kier molecular flexibility index (Phi) is 4.13. The van der Waals surface area contributed by atoms with Crippen LogP contribution in [0.15, 0.2) is 54.2 Å². The lowest BCUT2D eigenvalue weighted by molar-refractivity contribution is -0.123. The Morgan fingerprint density at radius 2 is 1.92 bits per heavy atom. The van der Waals surface area contributed by atoms with Crippen LogP contribution in [0.25, 0.3) is 6.08 Å². The van der Waals surface area contributed by atoms with Gasteiger partial charge in [-0.2, -0.15) is 5.26 Å². The fourth-order valence-electron chi connectivity index (χ4n) is 2.53. The molecule has 5 nitrogen and oxygen atoms in total. The quantitative estimate of drug-likeness (QED) is 0.698. The maximum absolute atomic E-state index is 12.5. The molecule has 0 radical (unpaired) electrons. The van der Waals surface area contributed by atoms with Gasteiger partial charge < -0.3 is 5.32 Å². The third-order valence-corrected chi connectivity index (χ3v) is 3.74. The van der Waals surface area contributed by atoms with Gasteiger partial charge in [0.2, 0.25) is 0 Å². The van der Waals surface area contributed by atoms with E-state index in [1.165, 1.54) is 4.90 Å². The van der Waals surface area contributed by atoms with Crippen molar-refractivity contribution in [2.75, 3.05) is 0 Å². The number of hydrogen-bond acceptors (Lipinski definition) is 3. The average molecular weight is 317 g/mol. The summed E-state index contributed by atoms with van der Waals surface area (Å²) >= 11 is 0. The molecule has 1 fully saturated rings. The minimum Gasteiger partial charge on any atom is -0.303 e. The smallest absolute Gasteiger partial charge is 0.303 e. The van der Waals surface area contributed by atoms with Crippen molar-refractivity contribution in [1.82, 2.24) is 10.2 Å².